The molecule has 1 fully saturated rings. The Bertz CT molecular complexity index is 688. The number of ether oxygens (including phenoxy) is 1. The molecule has 0 amide bonds. The fourth-order valence-electron chi connectivity index (χ4n) is 3.70. The van der Waals surface area contributed by atoms with E-state index in [1.54, 1.807) is 0 Å². The van der Waals surface area contributed by atoms with Gasteiger partial charge >= 0.3 is 5.97 Å². The molecule has 1 atom stereocenters. The van der Waals surface area contributed by atoms with Crippen LogP contribution in [0, 0.1) is 5.41 Å². The monoisotopic (exact) mass is 347 g/mol. The number of carbonyl (C=O) groups excluding carboxylic acids is 1. The van der Waals surface area contributed by atoms with Crippen LogP contribution in [0.25, 0.3) is 0 Å². The molecule has 0 spiro atoms. The van der Waals surface area contributed by atoms with E-state index in [2.05, 4.69) is 33.9 Å². The van der Waals surface area contributed by atoms with Crippen LogP contribution in [0.2, 0.25) is 0 Å². The van der Waals surface area contributed by atoms with Gasteiger partial charge in [0, 0.05) is 22.8 Å². The van der Waals surface area contributed by atoms with Crippen LogP contribution in [0.15, 0.2) is 29.0 Å². The van der Waals surface area contributed by atoms with Gasteiger partial charge in [0.15, 0.2) is 0 Å². The lowest BCUT2D eigenvalue weighted by Crippen LogP contribution is -2.39. The van der Waals surface area contributed by atoms with Crippen LogP contribution >= 0.6 is 22.7 Å². The molecule has 0 aromatic carbocycles. The second-order valence-electron chi connectivity index (χ2n) is 6.69. The minimum absolute atomic E-state index is 0.0663. The predicted molar refractivity (Wildman–Crippen MR) is 94.1 cm³/mol. The van der Waals surface area contributed by atoms with Crippen molar-refractivity contribution < 1.29 is 9.53 Å². The summed E-state index contributed by atoms with van der Waals surface area (Å²) < 4.78 is 4.90. The van der Waals surface area contributed by atoms with Crippen LogP contribution in [-0.2, 0) is 16.0 Å². The molecule has 0 saturated heterocycles. The van der Waals surface area contributed by atoms with E-state index in [9.17, 15) is 4.79 Å². The van der Waals surface area contributed by atoms with E-state index in [4.69, 9.17) is 4.74 Å². The smallest absolute Gasteiger partial charge is 0.306 e. The topological polar surface area (TPSA) is 29.5 Å². The zero-order valence-electron chi connectivity index (χ0n) is 13.3. The van der Waals surface area contributed by atoms with Gasteiger partial charge in [0.05, 0.1) is 19.6 Å². The number of nitrogens with zero attached hydrogens (tertiary/aromatic N) is 1. The van der Waals surface area contributed by atoms with Gasteiger partial charge < -0.3 is 4.74 Å². The SMILES string of the molecule is COC(=O)CC1(CN2CCc3sccc3[C@H]2c2cccs2)CC1. The Labute approximate surface area is 144 Å². The fraction of sp³-hybridized carbons (Fsp3) is 0.500. The molecule has 1 saturated carbocycles. The summed E-state index contributed by atoms with van der Waals surface area (Å²) in [5, 5.41) is 4.38. The zero-order valence-corrected chi connectivity index (χ0v) is 14.9. The molecule has 0 N–H and O–H groups in total. The van der Waals surface area contributed by atoms with Gasteiger partial charge in [-0.3, -0.25) is 9.69 Å². The highest BCUT2D eigenvalue weighted by Gasteiger charge is 2.47. The molecule has 1 aliphatic carbocycles. The quantitative estimate of drug-likeness (QED) is 0.763. The lowest BCUT2D eigenvalue weighted by molar-refractivity contribution is -0.142. The summed E-state index contributed by atoms with van der Waals surface area (Å²) in [6, 6.07) is 7.03. The summed E-state index contributed by atoms with van der Waals surface area (Å²) in [4.78, 5) is 17.3. The highest BCUT2D eigenvalue weighted by Crippen LogP contribution is 2.52. The van der Waals surface area contributed by atoms with Crippen molar-refractivity contribution in [1.29, 1.82) is 0 Å². The van der Waals surface area contributed by atoms with E-state index in [0.717, 1.165) is 32.4 Å². The Balaban J connectivity index is 1.59. The van der Waals surface area contributed by atoms with Crippen LogP contribution in [-0.4, -0.2) is 31.1 Å². The molecule has 2 aromatic heterocycles. The van der Waals surface area contributed by atoms with E-state index in [-0.39, 0.29) is 11.4 Å². The maximum absolute atomic E-state index is 11.7. The molecule has 2 aliphatic rings. The predicted octanol–water partition coefficient (Wildman–Crippen LogP) is 4.10. The normalized spacial score (nSPS) is 22.6. The van der Waals surface area contributed by atoms with Gasteiger partial charge in [-0.2, -0.15) is 0 Å². The lowest BCUT2D eigenvalue weighted by atomic mass is 9.94. The highest BCUT2D eigenvalue weighted by molar-refractivity contribution is 7.10. The maximum atomic E-state index is 11.7. The van der Waals surface area contributed by atoms with Crippen molar-refractivity contribution in [3.8, 4) is 0 Å². The Hall–Kier alpha value is -1.17. The number of hydrogen-bond donors (Lipinski definition) is 0. The van der Waals surface area contributed by atoms with Crippen LogP contribution in [0.4, 0.5) is 0 Å². The average molecular weight is 348 g/mol. The Kier molecular flexibility index (Phi) is 4.03. The number of fused-ring (bicyclic) bond motifs is 1. The first kappa shape index (κ1) is 15.4. The third-order valence-corrected chi connectivity index (χ3v) is 7.04. The van der Waals surface area contributed by atoms with E-state index in [1.807, 2.05) is 22.7 Å². The Morgan fingerprint density at radius 3 is 2.91 bits per heavy atom. The van der Waals surface area contributed by atoms with E-state index in [0.29, 0.717) is 12.5 Å². The summed E-state index contributed by atoms with van der Waals surface area (Å²) in [6.07, 6.45) is 3.98. The van der Waals surface area contributed by atoms with E-state index in [1.165, 1.54) is 22.4 Å². The molecule has 2 aromatic rings. The van der Waals surface area contributed by atoms with Crippen LogP contribution in [0.1, 0.15) is 40.6 Å². The number of thiophene rings is 2. The fourth-order valence-corrected chi connectivity index (χ4v) is 5.48. The van der Waals surface area contributed by atoms with E-state index < -0.39 is 0 Å². The Morgan fingerprint density at radius 2 is 2.22 bits per heavy atom. The molecule has 122 valence electrons. The van der Waals surface area contributed by atoms with Crippen LogP contribution in [0.5, 0.6) is 0 Å². The molecular weight excluding hydrogens is 326 g/mol. The molecule has 0 bridgehead atoms. The summed E-state index contributed by atoms with van der Waals surface area (Å²) in [5.41, 5.74) is 1.62. The third-order valence-electron chi connectivity index (χ3n) is 5.12. The molecule has 0 radical (unpaired) electrons. The van der Waals surface area contributed by atoms with Crippen molar-refractivity contribution >= 4 is 28.6 Å². The first-order valence-electron chi connectivity index (χ1n) is 8.11. The van der Waals surface area contributed by atoms with Crippen molar-refractivity contribution in [1.82, 2.24) is 4.90 Å². The van der Waals surface area contributed by atoms with Crippen LogP contribution in [0.3, 0.4) is 0 Å². The van der Waals surface area contributed by atoms with Crippen molar-refractivity contribution in [2.75, 3.05) is 20.2 Å². The third kappa shape index (κ3) is 2.97. The minimum atomic E-state index is -0.0663. The number of methoxy groups -OCH3 is 1. The summed E-state index contributed by atoms with van der Waals surface area (Å²) >= 11 is 3.72. The van der Waals surface area contributed by atoms with Crippen LogP contribution < -0.4 is 0 Å². The van der Waals surface area contributed by atoms with Crippen molar-refractivity contribution in [2.45, 2.75) is 31.7 Å². The van der Waals surface area contributed by atoms with Gasteiger partial charge in [0.25, 0.3) is 0 Å². The maximum Gasteiger partial charge on any atom is 0.306 e. The van der Waals surface area contributed by atoms with Gasteiger partial charge in [-0.05, 0) is 53.1 Å². The highest BCUT2D eigenvalue weighted by atomic mass is 32.1. The van der Waals surface area contributed by atoms with Crippen molar-refractivity contribution in [2.24, 2.45) is 5.41 Å². The average Bonchev–Trinajstić information content (AvgIpc) is 2.99. The summed E-state index contributed by atoms with van der Waals surface area (Å²) in [5.74, 6) is -0.0663. The minimum Gasteiger partial charge on any atom is -0.469 e. The summed E-state index contributed by atoms with van der Waals surface area (Å²) in [6.45, 7) is 2.08. The second kappa shape index (κ2) is 6.04. The van der Waals surface area contributed by atoms with Crippen molar-refractivity contribution in [3.63, 3.8) is 0 Å². The Morgan fingerprint density at radius 1 is 1.35 bits per heavy atom. The zero-order chi connectivity index (χ0) is 15.9. The van der Waals surface area contributed by atoms with Gasteiger partial charge in [-0.1, -0.05) is 6.07 Å². The first-order valence-corrected chi connectivity index (χ1v) is 9.87. The summed E-state index contributed by atoms with van der Waals surface area (Å²) in [7, 11) is 1.49. The molecule has 5 heteroatoms. The molecule has 3 heterocycles. The largest absolute Gasteiger partial charge is 0.469 e. The van der Waals surface area contributed by atoms with Gasteiger partial charge in [-0.25, -0.2) is 0 Å². The molecule has 1 aliphatic heterocycles. The molecular formula is C18H21NO2S2. The molecule has 0 unspecified atom stereocenters. The van der Waals surface area contributed by atoms with Crippen molar-refractivity contribution in [3.05, 3.63) is 44.3 Å². The number of hydrogen-bond acceptors (Lipinski definition) is 5. The van der Waals surface area contributed by atoms with Gasteiger partial charge in [0.1, 0.15) is 0 Å². The van der Waals surface area contributed by atoms with Gasteiger partial charge in [0.2, 0.25) is 0 Å². The standard InChI is InChI=1S/C18H21NO2S2/c1-21-16(20)11-18(6-7-18)12-19-8-4-14-13(5-10-23-14)17(19)15-3-2-9-22-15/h2-3,5,9-10,17H,4,6-8,11-12H2,1H3/t17-/m0/s1. The first-order chi connectivity index (χ1) is 11.2. The van der Waals surface area contributed by atoms with E-state index >= 15 is 0 Å². The molecule has 23 heavy (non-hydrogen) atoms. The van der Waals surface area contributed by atoms with Gasteiger partial charge in [-0.15, -0.1) is 22.7 Å². The lowest BCUT2D eigenvalue weighted by Gasteiger charge is -2.37. The molecule has 3 nitrogen and oxygen atoms in total. The number of carbonyl (C=O) groups is 1. The number of rotatable bonds is 5. The second-order valence-corrected chi connectivity index (χ2v) is 8.67. The number of esters is 1. The molecule has 4 rings (SSSR count).